The molecule has 1 aliphatic rings. The number of hydrogen-bond donors (Lipinski definition) is 2. The van der Waals surface area contributed by atoms with Crippen LogP contribution in [0.5, 0.6) is 0 Å². The van der Waals surface area contributed by atoms with Crippen molar-refractivity contribution >= 4 is 29.1 Å². The number of benzene rings is 1. The van der Waals surface area contributed by atoms with Gasteiger partial charge in [0, 0.05) is 30.5 Å². The van der Waals surface area contributed by atoms with Gasteiger partial charge in [-0.05, 0) is 25.8 Å². The van der Waals surface area contributed by atoms with Crippen LogP contribution < -0.4 is 0 Å². The molecule has 160 valence electrons. The summed E-state index contributed by atoms with van der Waals surface area (Å²) in [4.78, 5) is 26.7. The molecule has 1 atom stereocenters. The molecule has 0 radical (unpaired) electrons. The minimum Gasteiger partial charge on any atom is -0.478 e. The molecule has 2 N–H and O–H groups in total. The Morgan fingerprint density at radius 2 is 1.93 bits per heavy atom. The topological polar surface area (TPSA) is 111 Å². The minimum absolute atomic E-state index is 0.0248. The number of carbonyl (C=O) groups is 2. The van der Waals surface area contributed by atoms with E-state index in [0.717, 1.165) is 0 Å². The molecule has 0 saturated heterocycles. The second kappa shape index (κ2) is 8.90. The van der Waals surface area contributed by atoms with Gasteiger partial charge in [-0.2, -0.15) is 5.26 Å². The number of aliphatic carboxylic acids is 2. The fourth-order valence-electron chi connectivity index (χ4n) is 4.03. The molecule has 1 aliphatic heterocycles. The number of halogens is 1. The van der Waals surface area contributed by atoms with Gasteiger partial charge in [-0.3, -0.25) is 0 Å². The Kier molecular flexibility index (Phi) is 6.96. The summed E-state index contributed by atoms with van der Waals surface area (Å²) >= 11 is 6.42. The van der Waals surface area contributed by atoms with Crippen LogP contribution in [0, 0.1) is 17.2 Å². The van der Waals surface area contributed by atoms with Crippen molar-refractivity contribution in [2.45, 2.75) is 33.2 Å². The van der Waals surface area contributed by atoms with Crippen LogP contribution in [-0.4, -0.2) is 52.9 Å². The zero-order valence-electron chi connectivity index (χ0n) is 17.6. The highest BCUT2D eigenvalue weighted by molar-refractivity contribution is 6.34. The van der Waals surface area contributed by atoms with E-state index in [4.69, 9.17) is 16.3 Å². The monoisotopic (exact) mass is 432 g/mol. The third-order valence-corrected chi connectivity index (χ3v) is 6.20. The molecule has 0 amide bonds. The summed E-state index contributed by atoms with van der Waals surface area (Å²) < 4.78 is 5.19. The molecule has 1 aromatic rings. The zero-order valence-corrected chi connectivity index (χ0v) is 18.4. The summed E-state index contributed by atoms with van der Waals surface area (Å²) in [6, 6.07) is 6.57. The third kappa shape index (κ3) is 3.69. The first-order valence-corrected chi connectivity index (χ1v) is 9.79. The SMILES string of the molecule is COCCN1C(C)=C(C(=O)O)C(c2cccc(C#N)c2Cl)=C(C(=O)O)C1(C)C(C)C. The first-order chi connectivity index (χ1) is 14.0. The molecule has 7 nitrogen and oxygen atoms in total. The molecule has 1 heterocycles. The van der Waals surface area contributed by atoms with Gasteiger partial charge in [-0.15, -0.1) is 0 Å². The summed E-state index contributed by atoms with van der Waals surface area (Å²) in [6.45, 7) is 7.80. The molecule has 0 aliphatic carbocycles. The van der Waals surface area contributed by atoms with Crippen LogP contribution in [0.3, 0.4) is 0 Å². The highest BCUT2D eigenvalue weighted by Gasteiger charge is 2.49. The standard InChI is InChI=1S/C22H25ClN2O5/c1-12(2)22(4)18(21(28)29)17(15-8-6-7-14(11-24)19(15)23)16(20(26)27)13(3)25(22)9-10-30-5/h6-8,12H,9-10H2,1-5H3,(H,26,27)(H,28,29). The maximum atomic E-state index is 12.6. The quantitative estimate of drug-likeness (QED) is 0.674. The smallest absolute Gasteiger partial charge is 0.338 e. The Balaban J connectivity index is 3.05. The van der Waals surface area contributed by atoms with E-state index in [2.05, 4.69) is 0 Å². The summed E-state index contributed by atoms with van der Waals surface area (Å²) in [5, 5.41) is 29.7. The van der Waals surface area contributed by atoms with Crippen LogP contribution in [0.15, 0.2) is 35.0 Å². The molecule has 0 fully saturated rings. The summed E-state index contributed by atoms with van der Waals surface area (Å²) in [7, 11) is 1.53. The fourth-order valence-corrected chi connectivity index (χ4v) is 4.29. The Morgan fingerprint density at radius 3 is 2.40 bits per heavy atom. The Bertz CT molecular complexity index is 990. The van der Waals surface area contributed by atoms with E-state index >= 15 is 0 Å². The van der Waals surface area contributed by atoms with Gasteiger partial charge in [0.15, 0.2) is 0 Å². The maximum absolute atomic E-state index is 12.6. The summed E-state index contributed by atoms with van der Waals surface area (Å²) in [5.41, 5.74) is -0.486. The van der Waals surface area contributed by atoms with Crippen LogP contribution in [0.25, 0.3) is 5.57 Å². The van der Waals surface area contributed by atoms with Gasteiger partial charge in [-0.1, -0.05) is 37.6 Å². The normalized spacial score (nSPS) is 19.3. The van der Waals surface area contributed by atoms with Crippen LogP contribution in [0.1, 0.15) is 38.8 Å². The van der Waals surface area contributed by atoms with Gasteiger partial charge in [0.05, 0.1) is 33.9 Å². The second-order valence-corrected chi connectivity index (χ2v) is 7.92. The van der Waals surface area contributed by atoms with E-state index in [-0.39, 0.29) is 38.8 Å². The van der Waals surface area contributed by atoms with Crippen molar-refractivity contribution < 1.29 is 24.5 Å². The number of carboxylic acids is 2. The lowest BCUT2D eigenvalue weighted by Crippen LogP contribution is -2.56. The van der Waals surface area contributed by atoms with Gasteiger partial charge >= 0.3 is 11.9 Å². The van der Waals surface area contributed by atoms with Crippen LogP contribution in [0.4, 0.5) is 0 Å². The number of nitriles is 1. The van der Waals surface area contributed by atoms with Crippen molar-refractivity contribution in [3.63, 3.8) is 0 Å². The van der Waals surface area contributed by atoms with Gasteiger partial charge < -0.3 is 19.8 Å². The second-order valence-electron chi connectivity index (χ2n) is 7.55. The van der Waals surface area contributed by atoms with Crippen molar-refractivity contribution in [2.24, 2.45) is 5.92 Å². The van der Waals surface area contributed by atoms with Crippen LogP contribution in [-0.2, 0) is 14.3 Å². The summed E-state index contributed by atoms with van der Waals surface area (Å²) in [6.07, 6.45) is 0. The third-order valence-electron chi connectivity index (χ3n) is 5.79. The number of rotatable bonds is 7. The van der Waals surface area contributed by atoms with E-state index in [1.54, 1.807) is 30.9 Å². The average Bonchev–Trinajstić information content (AvgIpc) is 2.66. The lowest BCUT2D eigenvalue weighted by atomic mass is 9.71. The van der Waals surface area contributed by atoms with Crippen molar-refractivity contribution in [1.29, 1.82) is 5.26 Å². The number of ether oxygens (including phenoxy) is 1. The minimum atomic E-state index is -1.27. The van der Waals surface area contributed by atoms with E-state index in [1.165, 1.54) is 13.2 Å². The zero-order chi connectivity index (χ0) is 22.8. The average molecular weight is 433 g/mol. The fraction of sp³-hybridized carbons (Fsp3) is 0.409. The first kappa shape index (κ1) is 23.5. The van der Waals surface area contributed by atoms with E-state index in [0.29, 0.717) is 18.8 Å². The van der Waals surface area contributed by atoms with Gasteiger partial charge in [-0.25, -0.2) is 9.59 Å². The number of allylic oxidation sites excluding steroid dienone is 1. The molecule has 0 bridgehead atoms. The largest absolute Gasteiger partial charge is 0.478 e. The Hall–Kier alpha value is -2.82. The molecular formula is C22H25ClN2O5. The van der Waals surface area contributed by atoms with E-state index in [1.807, 2.05) is 19.9 Å². The van der Waals surface area contributed by atoms with Crippen LogP contribution in [0.2, 0.25) is 5.02 Å². The molecule has 1 unspecified atom stereocenters. The van der Waals surface area contributed by atoms with Crippen molar-refractivity contribution in [3.05, 3.63) is 51.2 Å². The Morgan fingerprint density at radius 1 is 1.30 bits per heavy atom. The lowest BCUT2D eigenvalue weighted by Gasteiger charge is -2.50. The number of carboxylic acid groups (broad SMARTS) is 2. The molecule has 2 rings (SSSR count). The number of nitrogens with zero attached hydrogens (tertiary/aromatic N) is 2. The van der Waals surface area contributed by atoms with E-state index in [9.17, 15) is 25.1 Å². The molecule has 1 aromatic carbocycles. The number of hydrogen-bond acceptors (Lipinski definition) is 5. The predicted octanol–water partition coefficient (Wildman–Crippen LogP) is 3.79. The Labute approximate surface area is 180 Å². The first-order valence-electron chi connectivity index (χ1n) is 9.42. The molecule has 0 spiro atoms. The summed E-state index contributed by atoms with van der Waals surface area (Å²) in [5.74, 6) is -2.71. The molecule has 30 heavy (non-hydrogen) atoms. The van der Waals surface area contributed by atoms with Crippen molar-refractivity contribution in [1.82, 2.24) is 4.90 Å². The van der Waals surface area contributed by atoms with Crippen molar-refractivity contribution in [3.8, 4) is 6.07 Å². The van der Waals surface area contributed by atoms with Gasteiger partial charge in [0.2, 0.25) is 0 Å². The van der Waals surface area contributed by atoms with Gasteiger partial charge in [0.25, 0.3) is 0 Å². The highest BCUT2D eigenvalue weighted by atomic mass is 35.5. The highest BCUT2D eigenvalue weighted by Crippen LogP contribution is 2.48. The molecule has 8 heteroatoms. The van der Waals surface area contributed by atoms with Gasteiger partial charge in [0.1, 0.15) is 6.07 Å². The van der Waals surface area contributed by atoms with Crippen molar-refractivity contribution in [2.75, 3.05) is 20.3 Å². The molecule has 0 saturated carbocycles. The predicted molar refractivity (Wildman–Crippen MR) is 113 cm³/mol. The number of methoxy groups -OCH3 is 1. The molecule has 0 aromatic heterocycles. The van der Waals surface area contributed by atoms with Crippen LogP contribution >= 0.6 is 11.6 Å². The lowest BCUT2D eigenvalue weighted by molar-refractivity contribution is -0.134. The molecular weight excluding hydrogens is 408 g/mol. The van der Waals surface area contributed by atoms with E-state index < -0.39 is 17.5 Å². The maximum Gasteiger partial charge on any atom is 0.338 e.